The molecule has 0 saturated heterocycles. The number of phenolic OH excluding ortho intramolecular Hbond substituents is 2. The Kier molecular flexibility index (Phi) is 20.3. The molecule has 63 heavy (non-hydrogen) atoms. The fourth-order valence-corrected chi connectivity index (χ4v) is 6.43. The number of amides is 6. The number of rotatable bonds is 25. The zero-order chi connectivity index (χ0) is 46.6. The topological polar surface area (TPSA) is 336 Å². The number of aromatic hydroxyl groups is 2. The minimum atomic E-state index is -1.82. The molecule has 3 aromatic rings. The summed E-state index contributed by atoms with van der Waals surface area (Å²) in [6.07, 6.45) is 0.577. The monoisotopic (exact) mass is 895 g/mol. The summed E-state index contributed by atoms with van der Waals surface area (Å²) in [5.41, 5.74) is 7.65. The average Bonchev–Trinajstić information content (AvgIpc) is 3.24. The molecule has 0 bridgehead atoms. The summed E-state index contributed by atoms with van der Waals surface area (Å²) in [7, 11) is 0. The van der Waals surface area contributed by atoms with Gasteiger partial charge in [-0.1, -0.05) is 54.6 Å². The van der Waals surface area contributed by atoms with Crippen LogP contribution in [0.15, 0.2) is 78.9 Å². The van der Waals surface area contributed by atoms with Gasteiger partial charge >= 0.3 is 11.9 Å². The first-order valence-corrected chi connectivity index (χ1v) is 21.0. The van der Waals surface area contributed by atoms with Gasteiger partial charge in [-0.25, -0.2) is 4.79 Å². The summed E-state index contributed by atoms with van der Waals surface area (Å²) in [6, 6.07) is 9.87. The molecule has 0 saturated carbocycles. The van der Waals surface area contributed by atoms with Gasteiger partial charge in [0.2, 0.25) is 35.4 Å². The summed E-state index contributed by atoms with van der Waals surface area (Å²) in [4.78, 5) is 104. The molecular formula is C42H53N7O13S. The molecule has 0 radical (unpaired) electrons. The summed E-state index contributed by atoms with van der Waals surface area (Å²) in [5.74, 6) is -8.40. The summed E-state index contributed by atoms with van der Waals surface area (Å²) in [5, 5.41) is 62.9. The molecule has 0 aliphatic heterocycles. The van der Waals surface area contributed by atoms with Crippen LogP contribution < -0.4 is 37.6 Å². The first kappa shape index (κ1) is 50.6. The highest BCUT2D eigenvalue weighted by Gasteiger charge is 2.33. The molecule has 340 valence electrons. The third-order valence-electron chi connectivity index (χ3n) is 9.46. The minimum absolute atomic E-state index is 0.0385. The van der Waals surface area contributed by atoms with Crippen molar-refractivity contribution in [3.63, 3.8) is 0 Å². The van der Waals surface area contributed by atoms with Crippen molar-refractivity contribution in [2.24, 2.45) is 5.73 Å². The lowest BCUT2D eigenvalue weighted by Crippen LogP contribution is -2.60. The maximum Gasteiger partial charge on any atom is 0.326 e. The van der Waals surface area contributed by atoms with Crippen molar-refractivity contribution in [2.75, 3.05) is 18.6 Å². The number of thioether (sulfide) groups is 1. The lowest BCUT2D eigenvalue weighted by atomic mass is 10.0. The van der Waals surface area contributed by atoms with Crippen molar-refractivity contribution in [3.05, 3.63) is 95.6 Å². The van der Waals surface area contributed by atoms with E-state index in [4.69, 9.17) is 5.73 Å². The van der Waals surface area contributed by atoms with Gasteiger partial charge in [0.05, 0.1) is 19.1 Å². The van der Waals surface area contributed by atoms with E-state index >= 15 is 0 Å². The standard InChI is InChI=1S/C42H53N7O13S/c1-23(44-39(58)32(21-35(53)54)47-41(60)34(22-50)49-37(56)29(43)18-24-6-4-3-5-7-24)36(55)46-31(19-25-8-12-27(51)13-9-25)40(59)45-30(16-17-63-2)38(57)48-33(42(61)62)20-26-10-14-28(52)15-11-26/h3-15,23,29-34,50-52H,16-22,43H2,1-2H3,(H,44,58)(H,45,59)(H,46,55)(H,47,60)(H,48,57)(H,49,56)(H,53,54)(H,61,62)/t23-,29-,30-,31-,32-,33-,34-/m0/s1. The van der Waals surface area contributed by atoms with Crippen molar-refractivity contribution in [1.82, 2.24) is 31.9 Å². The van der Waals surface area contributed by atoms with Crippen LogP contribution in [0.5, 0.6) is 11.5 Å². The second-order valence-corrected chi connectivity index (χ2v) is 15.5. The van der Waals surface area contributed by atoms with E-state index in [0.717, 1.165) is 5.56 Å². The Balaban J connectivity index is 1.75. The van der Waals surface area contributed by atoms with E-state index in [1.807, 2.05) is 0 Å². The summed E-state index contributed by atoms with van der Waals surface area (Å²) < 4.78 is 0. The highest BCUT2D eigenvalue weighted by atomic mass is 32.2. The minimum Gasteiger partial charge on any atom is -0.508 e. The number of phenols is 2. The van der Waals surface area contributed by atoms with E-state index in [1.54, 1.807) is 36.6 Å². The van der Waals surface area contributed by atoms with Crippen LogP contribution in [0, 0.1) is 0 Å². The highest BCUT2D eigenvalue weighted by molar-refractivity contribution is 7.98. The molecule has 0 aliphatic carbocycles. The highest BCUT2D eigenvalue weighted by Crippen LogP contribution is 2.14. The van der Waals surface area contributed by atoms with Gasteiger partial charge in [0, 0.05) is 12.8 Å². The summed E-state index contributed by atoms with van der Waals surface area (Å²) in [6.45, 7) is 0.266. The maximum absolute atomic E-state index is 13.9. The SMILES string of the molecule is CSCC[C@H](NC(=O)[C@H](Cc1ccc(O)cc1)NC(=O)[C@H](C)NC(=O)[C@H](CC(=O)O)NC(=O)[C@H](CO)NC(=O)[C@@H](N)Cc1ccccc1)C(=O)N[C@@H](Cc1ccc(O)cc1)C(=O)O. The Hall–Kier alpha value is -6.71. The second-order valence-electron chi connectivity index (χ2n) is 14.5. The number of carbonyl (C=O) groups excluding carboxylic acids is 6. The number of benzene rings is 3. The molecule has 6 amide bonds. The number of carboxylic acid groups (broad SMARTS) is 2. The van der Waals surface area contributed by atoms with Crippen LogP contribution in [-0.4, -0.2) is 134 Å². The molecule has 0 spiro atoms. The van der Waals surface area contributed by atoms with Crippen molar-refractivity contribution < 1.29 is 63.9 Å². The number of aliphatic hydroxyl groups excluding tert-OH is 1. The van der Waals surface area contributed by atoms with Crippen molar-refractivity contribution >= 4 is 59.1 Å². The number of nitrogens with one attached hydrogen (secondary N) is 6. The fraction of sp³-hybridized carbons (Fsp3) is 0.381. The molecule has 0 fully saturated rings. The number of hydrogen-bond acceptors (Lipinski definition) is 13. The van der Waals surface area contributed by atoms with Gasteiger partial charge in [0.1, 0.15) is 47.8 Å². The molecule has 0 heterocycles. The number of nitrogens with two attached hydrogens (primary N) is 1. The van der Waals surface area contributed by atoms with Gasteiger partial charge in [0.15, 0.2) is 0 Å². The third-order valence-corrected chi connectivity index (χ3v) is 10.1. The molecule has 0 unspecified atom stereocenters. The Labute approximate surface area is 366 Å². The van der Waals surface area contributed by atoms with Crippen LogP contribution in [0.25, 0.3) is 0 Å². The Bertz CT molecular complexity index is 2040. The number of aliphatic carboxylic acids is 2. The third kappa shape index (κ3) is 17.3. The Morgan fingerprint density at radius 3 is 1.52 bits per heavy atom. The molecule has 7 atom stereocenters. The number of carboxylic acids is 2. The van der Waals surface area contributed by atoms with Crippen LogP contribution in [-0.2, 0) is 57.6 Å². The fourth-order valence-electron chi connectivity index (χ4n) is 5.96. The molecule has 13 N–H and O–H groups in total. The maximum atomic E-state index is 13.9. The average molecular weight is 896 g/mol. The number of aliphatic hydroxyl groups is 1. The smallest absolute Gasteiger partial charge is 0.326 e. The molecule has 0 aromatic heterocycles. The van der Waals surface area contributed by atoms with Gasteiger partial charge in [0.25, 0.3) is 0 Å². The van der Waals surface area contributed by atoms with Crippen LogP contribution in [0.4, 0.5) is 0 Å². The first-order chi connectivity index (χ1) is 29.9. The van der Waals surface area contributed by atoms with Crippen LogP contribution >= 0.6 is 11.8 Å². The van der Waals surface area contributed by atoms with Gasteiger partial charge in [-0.05, 0) is 72.7 Å². The van der Waals surface area contributed by atoms with E-state index in [0.29, 0.717) is 16.9 Å². The van der Waals surface area contributed by atoms with Gasteiger partial charge in [-0.3, -0.25) is 33.6 Å². The molecular weight excluding hydrogens is 843 g/mol. The van der Waals surface area contributed by atoms with Crippen LogP contribution in [0.2, 0.25) is 0 Å². The normalized spacial score (nSPS) is 14.2. The van der Waals surface area contributed by atoms with Crippen LogP contribution in [0.3, 0.4) is 0 Å². The molecule has 20 nitrogen and oxygen atoms in total. The lowest BCUT2D eigenvalue weighted by Gasteiger charge is -2.26. The first-order valence-electron chi connectivity index (χ1n) is 19.6. The second kappa shape index (κ2) is 25.3. The Morgan fingerprint density at radius 1 is 0.556 bits per heavy atom. The van der Waals surface area contributed by atoms with Crippen LogP contribution in [0.1, 0.15) is 36.5 Å². The lowest BCUT2D eigenvalue weighted by molar-refractivity contribution is -0.142. The zero-order valence-corrected chi connectivity index (χ0v) is 35.3. The number of hydrogen-bond donors (Lipinski definition) is 12. The number of carbonyl (C=O) groups is 8. The Morgan fingerprint density at radius 2 is 1.00 bits per heavy atom. The van der Waals surface area contributed by atoms with E-state index < -0.39 is 103 Å². The van der Waals surface area contributed by atoms with Gasteiger partial charge < -0.3 is 63.2 Å². The van der Waals surface area contributed by atoms with Crippen molar-refractivity contribution in [2.45, 2.75) is 81.3 Å². The van der Waals surface area contributed by atoms with E-state index in [9.17, 15) is 63.9 Å². The molecule has 0 aliphatic rings. The molecule has 3 rings (SSSR count). The predicted octanol–water partition coefficient (Wildman–Crippen LogP) is -1.31. The molecule has 3 aromatic carbocycles. The van der Waals surface area contributed by atoms with Gasteiger partial charge in [-0.2, -0.15) is 11.8 Å². The van der Waals surface area contributed by atoms with Crippen molar-refractivity contribution in [3.8, 4) is 11.5 Å². The van der Waals surface area contributed by atoms with Crippen molar-refractivity contribution in [1.29, 1.82) is 0 Å². The van der Waals surface area contributed by atoms with E-state index in [-0.39, 0.29) is 37.2 Å². The largest absolute Gasteiger partial charge is 0.508 e. The van der Waals surface area contributed by atoms with E-state index in [1.165, 1.54) is 67.2 Å². The predicted molar refractivity (Wildman–Crippen MR) is 229 cm³/mol. The zero-order valence-electron chi connectivity index (χ0n) is 34.5. The molecule has 21 heteroatoms. The van der Waals surface area contributed by atoms with Gasteiger partial charge in [-0.15, -0.1) is 0 Å². The van der Waals surface area contributed by atoms with E-state index in [2.05, 4.69) is 31.9 Å². The summed E-state index contributed by atoms with van der Waals surface area (Å²) >= 11 is 1.35. The quantitative estimate of drug-likeness (QED) is 0.0470.